The van der Waals surface area contributed by atoms with Crippen molar-refractivity contribution < 1.29 is 4.79 Å². The van der Waals surface area contributed by atoms with E-state index >= 15 is 0 Å². The number of nitrogens with one attached hydrogen (secondary N) is 2. The van der Waals surface area contributed by atoms with E-state index in [1.165, 1.54) is 6.42 Å². The van der Waals surface area contributed by atoms with E-state index < -0.39 is 0 Å². The summed E-state index contributed by atoms with van der Waals surface area (Å²) in [4.78, 5) is 18.1. The zero-order chi connectivity index (χ0) is 14.4. The lowest BCUT2D eigenvalue weighted by atomic mass is 10.0. The SMILES string of the molecule is CN(C)c1ccc(CNC(=O)CCC2CCNC2)cn1.Cl.Cl. The zero-order valence-corrected chi connectivity index (χ0v) is 14.8. The summed E-state index contributed by atoms with van der Waals surface area (Å²) in [7, 11) is 3.92. The molecule has 1 aliphatic rings. The molecular formula is C15H26Cl2N4O. The Morgan fingerprint density at radius 2 is 2.18 bits per heavy atom. The lowest BCUT2D eigenvalue weighted by Gasteiger charge is -2.12. The number of hydrogen-bond acceptors (Lipinski definition) is 4. The molecule has 1 aromatic heterocycles. The Kier molecular flexibility index (Phi) is 10.1. The summed E-state index contributed by atoms with van der Waals surface area (Å²) in [6.45, 7) is 2.71. The summed E-state index contributed by atoms with van der Waals surface area (Å²) < 4.78 is 0. The van der Waals surface area contributed by atoms with Gasteiger partial charge in [0.2, 0.25) is 5.91 Å². The van der Waals surface area contributed by atoms with Crippen molar-refractivity contribution in [3.63, 3.8) is 0 Å². The first kappa shape index (κ1) is 21.0. The van der Waals surface area contributed by atoms with E-state index in [9.17, 15) is 4.79 Å². The highest BCUT2D eigenvalue weighted by Crippen LogP contribution is 2.14. The molecule has 22 heavy (non-hydrogen) atoms. The van der Waals surface area contributed by atoms with Crippen molar-refractivity contribution in [2.75, 3.05) is 32.1 Å². The summed E-state index contributed by atoms with van der Waals surface area (Å²) >= 11 is 0. The van der Waals surface area contributed by atoms with Crippen LogP contribution < -0.4 is 15.5 Å². The van der Waals surface area contributed by atoms with Crippen LogP contribution in [0.5, 0.6) is 0 Å². The second-order valence-corrected chi connectivity index (χ2v) is 5.59. The fraction of sp³-hybridized carbons (Fsp3) is 0.600. The molecule has 1 amide bonds. The van der Waals surface area contributed by atoms with Crippen LogP contribution in [0.3, 0.4) is 0 Å². The molecule has 1 aromatic rings. The van der Waals surface area contributed by atoms with Crippen molar-refractivity contribution in [3.8, 4) is 0 Å². The smallest absolute Gasteiger partial charge is 0.220 e. The third-order valence-corrected chi connectivity index (χ3v) is 3.70. The summed E-state index contributed by atoms with van der Waals surface area (Å²) in [6.07, 6.45) is 4.62. The van der Waals surface area contributed by atoms with Crippen molar-refractivity contribution in [2.24, 2.45) is 5.92 Å². The molecule has 7 heteroatoms. The van der Waals surface area contributed by atoms with Gasteiger partial charge in [0.15, 0.2) is 0 Å². The maximum absolute atomic E-state index is 11.8. The predicted molar refractivity (Wildman–Crippen MR) is 95.1 cm³/mol. The Labute approximate surface area is 145 Å². The summed E-state index contributed by atoms with van der Waals surface area (Å²) in [5.41, 5.74) is 1.03. The Bertz CT molecular complexity index is 434. The molecule has 1 atom stereocenters. The third kappa shape index (κ3) is 6.81. The third-order valence-electron chi connectivity index (χ3n) is 3.70. The van der Waals surface area contributed by atoms with E-state index in [0.29, 0.717) is 18.9 Å². The number of halogens is 2. The summed E-state index contributed by atoms with van der Waals surface area (Å²) in [5, 5.41) is 6.28. The van der Waals surface area contributed by atoms with E-state index in [1.54, 1.807) is 0 Å². The minimum Gasteiger partial charge on any atom is -0.363 e. The van der Waals surface area contributed by atoms with Crippen LogP contribution in [-0.4, -0.2) is 38.1 Å². The molecule has 5 nitrogen and oxygen atoms in total. The molecule has 2 rings (SSSR count). The van der Waals surface area contributed by atoms with Gasteiger partial charge in [-0.1, -0.05) is 6.07 Å². The van der Waals surface area contributed by atoms with Gasteiger partial charge < -0.3 is 15.5 Å². The fourth-order valence-corrected chi connectivity index (χ4v) is 2.37. The highest BCUT2D eigenvalue weighted by atomic mass is 35.5. The summed E-state index contributed by atoms with van der Waals surface area (Å²) in [5.74, 6) is 1.73. The molecular weight excluding hydrogens is 323 g/mol. The van der Waals surface area contributed by atoms with Crippen molar-refractivity contribution in [2.45, 2.75) is 25.8 Å². The molecule has 0 bridgehead atoms. The minimum absolute atomic E-state index is 0. The quantitative estimate of drug-likeness (QED) is 0.825. The molecule has 0 radical (unpaired) electrons. The van der Waals surface area contributed by atoms with Crippen LogP contribution in [0.15, 0.2) is 18.3 Å². The van der Waals surface area contributed by atoms with E-state index in [4.69, 9.17) is 0 Å². The van der Waals surface area contributed by atoms with Crippen LogP contribution in [0.25, 0.3) is 0 Å². The molecule has 126 valence electrons. The lowest BCUT2D eigenvalue weighted by Crippen LogP contribution is -2.23. The van der Waals surface area contributed by atoms with Gasteiger partial charge in [-0.15, -0.1) is 24.8 Å². The Balaban J connectivity index is 0.00000220. The first-order valence-corrected chi connectivity index (χ1v) is 7.25. The molecule has 0 aromatic carbocycles. The van der Waals surface area contributed by atoms with Crippen molar-refractivity contribution in [1.29, 1.82) is 0 Å². The maximum atomic E-state index is 11.8. The van der Waals surface area contributed by atoms with Gasteiger partial charge in [0, 0.05) is 33.3 Å². The van der Waals surface area contributed by atoms with Gasteiger partial charge in [0.25, 0.3) is 0 Å². The van der Waals surface area contributed by atoms with Gasteiger partial charge in [-0.2, -0.15) is 0 Å². The molecule has 0 spiro atoms. The highest BCUT2D eigenvalue weighted by molar-refractivity contribution is 5.85. The van der Waals surface area contributed by atoms with Crippen LogP contribution in [0.2, 0.25) is 0 Å². The molecule has 1 saturated heterocycles. The molecule has 0 aliphatic carbocycles. The fourth-order valence-electron chi connectivity index (χ4n) is 2.37. The van der Waals surface area contributed by atoms with Gasteiger partial charge in [-0.3, -0.25) is 4.79 Å². The van der Waals surface area contributed by atoms with Gasteiger partial charge in [0.1, 0.15) is 5.82 Å². The predicted octanol–water partition coefficient (Wildman–Crippen LogP) is 2.00. The van der Waals surface area contributed by atoms with Crippen LogP contribution >= 0.6 is 24.8 Å². The average molecular weight is 349 g/mol. The lowest BCUT2D eigenvalue weighted by molar-refractivity contribution is -0.121. The maximum Gasteiger partial charge on any atom is 0.220 e. The first-order valence-electron chi connectivity index (χ1n) is 7.25. The summed E-state index contributed by atoms with van der Waals surface area (Å²) in [6, 6.07) is 3.97. The second-order valence-electron chi connectivity index (χ2n) is 5.59. The standard InChI is InChI=1S/C15H24N4O.2ClH/c1-19(2)14-5-3-13(10-17-14)11-18-15(20)6-4-12-7-8-16-9-12;;/h3,5,10,12,16H,4,6-9,11H2,1-2H3,(H,18,20);2*1H. The number of anilines is 1. The number of hydrogen-bond donors (Lipinski definition) is 2. The molecule has 0 saturated carbocycles. The van der Waals surface area contributed by atoms with Gasteiger partial charge in [0.05, 0.1) is 0 Å². The highest BCUT2D eigenvalue weighted by Gasteiger charge is 2.15. The number of carbonyl (C=O) groups is 1. The van der Waals surface area contributed by atoms with Crippen LogP contribution in [0, 0.1) is 5.92 Å². The van der Waals surface area contributed by atoms with Crippen molar-refractivity contribution in [3.05, 3.63) is 23.9 Å². The van der Waals surface area contributed by atoms with Gasteiger partial charge >= 0.3 is 0 Å². The number of rotatable bonds is 6. The largest absolute Gasteiger partial charge is 0.363 e. The Morgan fingerprint density at radius 3 is 2.73 bits per heavy atom. The van der Waals surface area contributed by atoms with Crippen LogP contribution in [0.4, 0.5) is 5.82 Å². The van der Waals surface area contributed by atoms with Gasteiger partial charge in [-0.05, 0) is 43.5 Å². The van der Waals surface area contributed by atoms with Gasteiger partial charge in [-0.25, -0.2) is 4.98 Å². The molecule has 1 aliphatic heterocycles. The number of carbonyl (C=O) groups excluding carboxylic acids is 1. The Hall–Kier alpha value is -1.04. The first-order chi connectivity index (χ1) is 9.65. The van der Waals surface area contributed by atoms with E-state index in [1.807, 2.05) is 37.3 Å². The molecule has 2 heterocycles. The normalized spacial score (nSPS) is 16.4. The molecule has 2 N–H and O–H groups in total. The number of amides is 1. The average Bonchev–Trinajstić information content (AvgIpc) is 2.96. The van der Waals surface area contributed by atoms with E-state index in [2.05, 4.69) is 15.6 Å². The van der Waals surface area contributed by atoms with E-state index in [-0.39, 0.29) is 30.7 Å². The van der Waals surface area contributed by atoms with Crippen molar-refractivity contribution in [1.82, 2.24) is 15.6 Å². The second kappa shape index (κ2) is 10.6. The number of nitrogens with zero attached hydrogens (tertiary/aromatic N) is 2. The molecule has 1 unspecified atom stereocenters. The minimum atomic E-state index is 0. The van der Waals surface area contributed by atoms with Crippen LogP contribution in [0.1, 0.15) is 24.8 Å². The zero-order valence-electron chi connectivity index (χ0n) is 13.2. The number of pyridine rings is 1. The number of aromatic nitrogens is 1. The van der Waals surface area contributed by atoms with Crippen LogP contribution in [-0.2, 0) is 11.3 Å². The Morgan fingerprint density at radius 1 is 1.41 bits per heavy atom. The van der Waals surface area contributed by atoms with Crippen molar-refractivity contribution >= 4 is 36.5 Å². The topological polar surface area (TPSA) is 57.3 Å². The monoisotopic (exact) mass is 348 g/mol. The van der Waals surface area contributed by atoms with E-state index in [0.717, 1.165) is 30.9 Å². The molecule has 1 fully saturated rings.